The maximum atomic E-state index is 10.9. The lowest BCUT2D eigenvalue weighted by Crippen LogP contribution is -2.19. The van der Waals surface area contributed by atoms with Crippen LogP contribution in [0.1, 0.15) is 12.5 Å². The van der Waals surface area contributed by atoms with Gasteiger partial charge < -0.3 is 10.2 Å². The van der Waals surface area contributed by atoms with Crippen molar-refractivity contribution >= 4 is 29.0 Å². The lowest BCUT2D eigenvalue weighted by molar-refractivity contribution is -0.118. The molecule has 26 heavy (non-hydrogen) atoms. The summed E-state index contributed by atoms with van der Waals surface area (Å²) in [6.45, 7) is 2.06. The number of nitrogens with zero attached hydrogens (tertiary/aromatic N) is 1. The zero-order chi connectivity index (χ0) is 18.2. The second kappa shape index (κ2) is 8.67. The van der Waals surface area contributed by atoms with E-state index in [1.807, 2.05) is 48.6 Å². The van der Waals surface area contributed by atoms with Crippen LogP contribution in [0.3, 0.4) is 0 Å². The molecule has 3 aromatic rings. The number of carbonyl (C=O) groups excluding carboxylic acids is 1. The van der Waals surface area contributed by atoms with Gasteiger partial charge in [-0.15, -0.1) is 0 Å². The smallest absolute Gasteiger partial charge is 0.217 e. The van der Waals surface area contributed by atoms with Gasteiger partial charge in [0.05, 0.1) is 0 Å². The van der Waals surface area contributed by atoms with Gasteiger partial charge in [-0.25, -0.2) is 0 Å². The molecule has 0 fully saturated rings. The summed E-state index contributed by atoms with van der Waals surface area (Å²) < 4.78 is 0. The van der Waals surface area contributed by atoms with Crippen LogP contribution in [-0.2, 0) is 4.79 Å². The number of benzene rings is 3. The molecular formula is C23H22N2O. The Labute approximate surface area is 154 Å². The van der Waals surface area contributed by atoms with Crippen molar-refractivity contribution in [3.05, 3.63) is 96.6 Å². The second-order valence-corrected chi connectivity index (χ2v) is 5.94. The molecule has 0 saturated heterocycles. The van der Waals surface area contributed by atoms with Gasteiger partial charge in [-0.1, -0.05) is 60.7 Å². The van der Waals surface area contributed by atoms with E-state index in [4.69, 9.17) is 0 Å². The first-order valence-corrected chi connectivity index (χ1v) is 8.65. The minimum atomic E-state index is -0.0219. The molecule has 130 valence electrons. The van der Waals surface area contributed by atoms with Gasteiger partial charge in [0.15, 0.2) is 0 Å². The maximum Gasteiger partial charge on any atom is 0.217 e. The van der Waals surface area contributed by atoms with Crippen LogP contribution < -0.4 is 10.2 Å². The molecule has 0 aliphatic rings. The molecule has 1 N–H and O–H groups in total. The van der Waals surface area contributed by atoms with Crippen LogP contribution in [0, 0.1) is 0 Å². The van der Waals surface area contributed by atoms with Crippen molar-refractivity contribution in [1.82, 2.24) is 5.32 Å². The van der Waals surface area contributed by atoms with Crippen molar-refractivity contribution in [2.45, 2.75) is 6.92 Å². The molecule has 0 aliphatic carbocycles. The standard InChI is InChI=1S/C23H22N2O/c1-19(26)24-18-8-9-20-14-16-23(17-15-20)25(21-10-4-2-5-11-21)22-12-6-3-7-13-22/h2-17H,18H2,1H3,(H,24,26). The topological polar surface area (TPSA) is 32.3 Å². The number of amides is 1. The van der Waals surface area contributed by atoms with Crippen molar-refractivity contribution in [2.75, 3.05) is 11.4 Å². The second-order valence-electron chi connectivity index (χ2n) is 5.94. The molecule has 3 aromatic carbocycles. The van der Waals surface area contributed by atoms with E-state index in [2.05, 4.69) is 58.7 Å². The Morgan fingerprint density at radius 3 is 1.81 bits per heavy atom. The predicted molar refractivity (Wildman–Crippen MR) is 109 cm³/mol. The molecular weight excluding hydrogens is 320 g/mol. The Hall–Kier alpha value is -3.33. The summed E-state index contributed by atoms with van der Waals surface area (Å²) in [5, 5.41) is 2.75. The Kier molecular flexibility index (Phi) is 5.84. The van der Waals surface area contributed by atoms with Crippen LogP contribution in [0.4, 0.5) is 17.1 Å². The number of carbonyl (C=O) groups is 1. The van der Waals surface area contributed by atoms with Gasteiger partial charge >= 0.3 is 0 Å². The van der Waals surface area contributed by atoms with Crippen molar-refractivity contribution in [1.29, 1.82) is 0 Å². The molecule has 0 aliphatic heterocycles. The lowest BCUT2D eigenvalue weighted by Gasteiger charge is -2.25. The van der Waals surface area contributed by atoms with Gasteiger partial charge in [0.2, 0.25) is 5.91 Å². The van der Waals surface area contributed by atoms with Gasteiger partial charge in [0, 0.05) is 30.5 Å². The number of anilines is 3. The van der Waals surface area contributed by atoms with E-state index in [-0.39, 0.29) is 5.91 Å². The zero-order valence-corrected chi connectivity index (χ0v) is 14.8. The molecule has 0 unspecified atom stereocenters. The molecule has 0 bridgehead atoms. The minimum Gasteiger partial charge on any atom is -0.353 e. The van der Waals surface area contributed by atoms with E-state index in [1.54, 1.807) is 0 Å². The van der Waals surface area contributed by atoms with Crippen LogP contribution in [0.15, 0.2) is 91.0 Å². The summed E-state index contributed by atoms with van der Waals surface area (Å²) in [7, 11) is 0. The fourth-order valence-electron chi connectivity index (χ4n) is 2.73. The third-order valence-corrected chi connectivity index (χ3v) is 3.96. The first-order chi connectivity index (χ1) is 12.7. The summed E-state index contributed by atoms with van der Waals surface area (Å²) in [4.78, 5) is 13.1. The monoisotopic (exact) mass is 342 g/mol. The van der Waals surface area contributed by atoms with E-state index in [1.165, 1.54) is 6.92 Å². The van der Waals surface area contributed by atoms with Crippen LogP contribution >= 0.6 is 0 Å². The van der Waals surface area contributed by atoms with Crippen LogP contribution in [-0.4, -0.2) is 12.5 Å². The molecule has 0 saturated carbocycles. The highest BCUT2D eigenvalue weighted by Gasteiger charge is 2.11. The lowest BCUT2D eigenvalue weighted by atomic mass is 10.1. The molecule has 0 heterocycles. The Bertz CT molecular complexity index is 816. The number of nitrogens with one attached hydrogen (secondary N) is 1. The summed E-state index contributed by atoms with van der Waals surface area (Å²) in [6, 6.07) is 29.0. The van der Waals surface area contributed by atoms with Gasteiger partial charge in [0.25, 0.3) is 0 Å². The average molecular weight is 342 g/mol. The molecule has 0 spiro atoms. The molecule has 3 rings (SSSR count). The van der Waals surface area contributed by atoms with Crippen molar-refractivity contribution in [3.63, 3.8) is 0 Å². The third-order valence-electron chi connectivity index (χ3n) is 3.96. The van der Waals surface area contributed by atoms with Crippen LogP contribution in [0.2, 0.25) is 0 Å². The number of hydrogen-bond donors (Lipinski definition) is 1. The van der Waals surface area contributed by atoms with Crippen LogP contribution in [0.25, 0.3) is 6.08 Å². The molecule has 3 nitrogen and oxygen atoms in total. The first-order valence-electron chi connectivity index (χ1n) is 8.65. The molecule has 0 atom stereocenters. The van der Waals surface area contributed by atoms with Gasteiger partial charge in [-0.05, 0) is 42.0 Å². The van der Waals surface area contributed by atoms with Gasteiger partial charge in [-0.3, -0.25) is 4.79 Å². The highest BCUT2D eigenvalue weighted by molar-refractivity contribution is 5.77. The summed E-state index contributed by atoms with van der Waals surface area (Å²) in [5.74, 6) is -0.0219. The van der Waals surface area contributed by atoms with E-state index in [0.717, 1.165) is 22.6 Å². The first kappa shape index (κ1) is 17.5. The van der Waals surface area contributed by atoms with Crippen molar-refractivity contribution in [2.24, 2.45) is 0 Å². The minimum absolute atomic E-state index is 0.0219. The van der Waals surface area contributed by atoms with E-state index >= 15 is 0 Å². The molecule has 1 amide bonds. The molecule has 3 heteroatoms. The van der Waals surface area contributed by atoms with Crippen molar-refractivity contribution in [3.8, 4) is 0 Å². The summed E-state index contributed by atoms with van der Waals surface area (Å²) in [5.41, 5.74) is 4.43. The van der Waals surface area contributed by atoms with E-state index in [9.17, 15) is 4.79 Å². The number of para-hydroxylation sites is 2. The third kappa shape index (κ3) is 4.61. The summed E-state index contributed by atoms with van der Waals surface area (Å²) >= 11 is 0. The summed E-state index contributed by atoms with van der Waals surface area (Å²) in [6.07, 6.45) is 3.96. The number of rotatable bonds is 6. The maximum absolute atomic E-state index is 10.9. The van der Waals surface area contributed by atoms with Gasteiger partial charge in [-0.2, -0.15) is 0 Å². The normalized spacial score (nSPS) is 10.7. The Morgan fingerprint density at radius 2 is 1.31 bits per heavy atom. The Morgan fingerprint density at radius 1 is 0.808 bits per heavy atom. The van der Waals surface area contributed by atoms with E-state index in [0.29, 0.717) is 6.54 Å². The zero-order valence-electron chi connectivity index (χ0n) is 14.8. The highest BCUT2D eigenvalue weighted by atomic mass is 16.1. The van der Waals surface area contributed by atoms with Crippen molar-refractivity contribution < 1.29 is 4.79 Å². The molecule has 0 aromatic heterocycles. The highest BCUT2D eigenvalue weighted by Crippen LogP contribution is 2.34. The van der Waals surface area contributed by atoms with Gasteiger partial charge in [0.1, 0.15) is 0 Å². The van der Waals surface area contributed by atoms with E-state index < -0.39 is 0 Å². The quantitative estimate of drug-likeness (QED) is 0.659. The fourth-order valence-corrected chi connectivity index (χ4v) is 2.73. The average Bonchev–Trinajstić information content (AvgIpc) is 2.68. The molecule has 0 radical (unpaired) electrons. The van der Waals surface area contributed by atoms with Crippen LogP contribution in [0.5, 0.6) is 0 Å². The Balaban J connectivity index is 1.85. The predicted octanol–water partition coefficient (Wildman–Crippen LogP) is 5.31. The largest absolute Gasteiger partial charge is 0.353 e. The fraction of sp³-hybridized carbons (Fsp3) is 0.0870. The number of hydrogen-bond acceptors (Lipinski definition) is 2. The SMILES string of the molecule is CC(=O)NCC=Cc1ccc(N(c2ccccc2)c2ccccc2)cc1.